The van der Waals surface area contributed by atoms with Gasteiger partial charge < -0.3 is 14.6 Å². The molecule has 0 aromatic carbocycles. The molecule has 0 amide bonds. The van der Waals surface area contributed by atoms with E-state index in [-0.39, 0.29) is 17.5 Å². The van der Waals surface area contributed by atoms with Crippen molar-refractivity contribution in [3.8, 4) is 0 Å². The summed E-state index contributed by atoms with van der Waals surface area (Å²) in [4.78, 5) is 0. The summed E-state index contributed by atoms with van der Waals surface area (Å²) in [6, 6.07) is 0. The Kier molecular flexibility index (Phi) is 5.24. The van der Waals surface area contributed by atoms with Crippen molar-refractivity contribution >= 4 is 0 Å². The van der Waals surface area contributed by atoms with E-state index in [1.807, 2.05) is 41.5 Å². The lowest BCUT2D eigenvalue weighted by Crippen LogP contribution is -2.36. The molecule has 0 heterocycles. The Hall–Kier alpha value is -0.120. The maximum Gasteiger partial charge on any atom is 0.161 e. The minimum atomic E-state index is -0.417. The van der Waals surface area contributed by atoms with Crippen molar-refractivity contribution < 1.29 is 14.6 Å². The normalized spacial score (nSPS) is 15.8. The molecule has 0 aromatic rings. The summed E-state index contributed by atoms with van der Waals surface area (Å²) in [6.45, 7) is 13.6. The molecule has 92 valence electrons. The van der Waals surface area contributed by atoms with Crippen LogP contribution in [0, 0.1) is 0 Å². The van der Waals surface area contributed by atoms with Gasteiger partial charge in [-0.15, -0.1) is 0 Å². The van der Waals surface area contributed by atoms with Gasteiger partial charge >= 0.3 is 0 Å². The van der Waals surface area contributed by atoms with Crippen LogP contribution >= 0.6 is 0 Å². The van der Waals surface area contributed by atoms with Crippen molar-refractivity contribution in [1.29, 1.82) is 0 Å². The lowest BCUT2D eigenvalue weighted by Gasteiger charge is -2.33. The van der Waals surface area contributed by atoms with Crippen LogP contribution in [0.1, 0.15) is 54.9 Å². The number of aliphatic hydroxyl groups is 1. The third-order valence-electron chi connectivity index (χ3n) is 1.50. The second kappa shape index (κ2) is 5.28. The lowest BCUT2D eigenvalue weighted by atomic mass is 10.1. The predicted molar refractivity (Wildman–Crippen MR) is 61.8 cm³/mol. The fourth-order valence-electron chi connectivity index (χ4n) is 1.19. The second-order valence-electron chi connectivity index (χ2n) is 5.97. The molecular formula is C12H26O3. The topological polar surface area (TPSA) is 38.7 Å². The molecule has 1 unspecified atom stereocenters. The van der Waals surface area contributed by atoms with Gasteiger partial charge in [0.05, 0.1) is 17.3 Å². The van der Waals surface area contributed by atoms with E-state index in [1.165, 1.54) is 0 Å². The molecule has 0 rings (SSSR count). The fraction of sp³-hybridized carbons (Fsp3) is 1.00. The third-order valence-corrected chi connectivity index (χ3v) is 1.50. The lowest BCUT2D eigenvalue weighted by molar-refractivity contribution is -0.242. The van der Waals surface area contributed by atoms with E-state index in [2.05, 4.69) is 0 Å². The van der Waals surface area contributed by atoms with E-state index < -0.39 is 6.10 Å². The van der Waals surface area contributed by atoms with Crippen LogP contribution < -0.4 is 0 Å². The molecule has 3 nitrogen and oxygen atoms in total. The maximum absolute atomic E-state index is 9.36. The molecule has 15 heavy (non-hydrogen) atoms. The van der Waals surface area contributed by atoms with Gasteiger partial charge in [0.15, 0.2) is 6.29 Å². The minimum absolute atomic E-state index is 0.259. The SMILES string of the molecule is CC(O)CC(OC(C)(C)C)OC(C)(C)C. The van der Waals surface area contributed by atoms with Gasteiger partial charge in [-0.3, -0.25) is 0 Å². The Bertz CT molecular complexity index is 158. The van der Waals surface area contributed by atoms with Crippen molar-refractivity contribution in [1.82, 2.24) is 0 Å². The summed E-state index contributed by atoms with van der Waals surface area (Å²) in [5.41, 5.74) is -0.518. The molecule has 0 spiro atoms. The molecule has 0 aliphatic rings. The fourth-order valence-corrected chi connectivity index (χ4v) is 1.19. The summed E-state index contributed by atoms with van der Waals surface area (Å²) in [7, 11) is 0. The first-order valence-corrected chi connectivity index (χ1v) is 5.53. The monoisotopic (exact) mass is 218 g/mol. The Labute approximate surface area is 93.8 Å². The highest BCUT2D eigenvalue weighted by Gasteiger charge is 2.25. The van der Waals surface area contributed by atoms with Gasteiger partial charge in [-0.05, 0) is 48.5 Å². The van der Waals surface area contributed by atoms with Crippen LogP contribution in [0.3, 0.4) is 0 Å². The van der Waals surface area contributed by atoms with Crippen molar-refractivity contribution in [2.45, 2.75) is 78.5 Å². The number of hydrogen-bond donors (Lipinski definition) is 1. The average Bonchev–Trinajstić information content (AvgIpc) is 1.73. The van der Waals surface area contributed by atoms with E-state index in [0.717, 1.165) is 0 Å². The molecular weight excluding hydrogens is 192 g/mol. The Morgan fingerprint density at radius 2 is 1.27 bits per heavy atom. The molecule has 0 saturated heterocycles. The first-order chi connectivity index (χ1) is 6.49. The molecule has 0 radical (unpaired) electrons. The van der Waals surface area contributed by atoms with Crippen LogP contribution in [-0.4, -0.2) is 28.7 Å². The van der Waals surface area contributed by atoms with Crippen molar-refractivity contribution in [3.05, 3.63) is 0 Å². The van der Waals surface area contributed by atoms with Gasteiger partial charge in [0.1, 0.15) is 0 Å². The summed E-state index contributed by atoms with van der Waals surface area (Å²) in [5.74, 6) is 0. The third kappa shape index (κ3) is 10.2. The average molecular weight is 218 g/mol. The number of ether oxygens (including phenoxy) is 2. The van der Waals surface area contributed by atoms with Gasteiger partial charge in [0.25, 0.3) is 0 Å². The Morgan fingerprint density at radius 3 is 1.47 bits per heavy atom. The van der Waals surface area contributed by atoms with E-state index in [9.17, 15) is 5.11 Å². The molecule has 0 aliphatic heterocycles. The first-order valence-electron chi connectivity index (χ1n) is 5.53. The van der Waals surface area contributed by atoms with Crippen LogP contribution in [0.2, 0.25) is 0 Å². The van der Waals surface area contributed by atoms with Gasteiger partial charge in [0, 0.05) is 6.42 Å². The molecule has 0 bridgehead atoms. The standard InChI is InChI=1S/C12H26O3/c1-9(13)8-10(14-11(2,3)4)15-12(5,6)7/h9-10,13H,8H2,1-7H3. The van der Waals surface area contributed by atoms with Crippen molar-refractivity contribution in [2.24, 2.45) is 0 Å². The smallest absolute Gasteiger partial charge is 0.161 e. The Balaban J connectivity index is 4.32. The van der Waals surface area contributed by atoms with E-state index in [1.54, 1.807) is 6.92 Å². The second-order valence-corrected chi connectivity index (χ2v) is 5.97. The molecule has 3 heteroatoms. The zero-order chi connectivity index (χ0) is 12.3. The highest BCUT2D eigenvalue weighted by molar-refractivity contribution is 4.67. The van der Waals surface area contributed by atoms with Crippen LogP contribution in [0.15, 0.2) is 0 Å². The van der Waals surface area contributed by atoms with Gasteiger partial charge in [0.2, 0.25) is 0 Å². The predicted octanol–water partition coefficient (Wildman–Crippen LogP) is 2.71. The quantitative estimate of drug-likeness (QED) is 0.737. The zero-order valence-corrected chi connectivity index (χ0v) is 11.1. The molecule has 0 saturated carbocycles. The minimum Gasteiger partial charge on any atom is -0.393 e. The van der Waals surface area contributed by atoms with Crippen molar-refractivity contribution in [2.75, 3.05) is 0 Å². The molecule has 1 atom stereocenters. The summed E-state index contributed by atoms with van der Waals surface area (Å²) in [6.07, 6.45) is -0.279. The number of rotatable bonds is 4. The Morgan fingerprint density at radius 1 is 0.933 bits per heavy atom. The van der Waals surface area contributed by atoms with Gasteiger partial charge in [-0.2, -0.15) is 0 Å². The molecule has 0 aromatic heterocycles. The van der Waals surface area contributed by atoms with Crippen LogP contribution in [-0.2, 0) is 9.47 Å². The molecule has 1 N–H and O–H groups in total. The summed E-state index contributed by atoms with van der Waals surface area (Å²) < 4.78 is 11.5. The van der Waals surface area contributed by atoms with Crippen molar-refractivity contribution in [3.63, 3.8) is 0 Å². The summed E-state index contributed by atoms with van der Waals surface area (Å²) in [5, 5.41) is 9.36. The molecule has 0 aliphatic carbocycles. The maximum atomic E-state index is 9.36. The first kappa shape index (κ1) is 14.9. The van der Waals surface area contributed by atoms with E-state index >= 15 is 0 Å². The number of aliphatic hydroxyl groups excluding tert-OH is 1. The van der Waals surface area contributed by atoms with E-state index in [0.29, 0.717) is 6.42 Å². The highest BCUT2D eigenvalue weighted by Crippen LogP contribution is 2.20. The zero-order valence-electron chi connectivity index (χ0n) is 11.1. The van der Waals surface area contributed by atoms with E-state index in [4.69, 9.17) is 9.47 Å². The van der Waals surface area contributed by atoms with Gasteiger partial charge in [-0.1, -0.05) is 0 Å². The van der Waals surface area contributed by atoms with Gasteiger partial charge in [-0.25, -0.2) is 0 Å². The van der Waals surface area contributed by atoms with Crippen LogP contribution in [0.25, 0.3) is 0 Å². The van der Waals surface area contributed by atoms with Crippen LogP contribution in [0.5, 0.6) is 0 Å². The van der Waals surface area contributed by atoms with Crippen LogP contribution in [0.4, 0.5) is 0 Å². The largest absolute Gasteiger partial charge is 0.393 e. The summed E-state index contributed by atoms with van der Waals surface area (Å²) >= 11 is 0. The highest BCUT2D eigenvalue weighted by atomic mass is 16.7. The molecule has 0 fully saturated rings. The number of hydrogen-bond acceptors (Lipinski definition) is 3.